The fourth-order valence-corrected chi connectivity index (χ4v) is 1.87. The van der Waals surface area contributed by atoms with Crippen LogP contribution in [-0.2, 0) is 6.54 Å². The van der Waals surface area contributed by atoms with Crippen LogP contribution in [0.5, 0.6) is 0 Å². The van der Waals surface area contributed by atoms with Gasteiger partial charge in [0.25, 0.3) is 5.91 Å². The molecule has 8 nitrogen and oxygen atoms in total. The molecular formula is C16H19N7O. The van der Waals surface area contributed by atoms with Crippen molar-refractivity contribution >= 4 is 17.8 Å². The minimum Gasteiger partial charge on any atom is -0.347 e. The average molecular weight is 325 g/mol. The average Bonchev–Trinajstić information content (AvgIpc) is 2.59. The highest BCUT2D eigenvalue weighted by Crippen LogP contribution is 2.10. The first-order valence-electron chi connectivity index (χ1n) is 7.28. The van der Waals surface area contributed by atoms with Crippen molar-refractivity contribution in [1.29, 1.82) is 5.26 Å². The van der Waals surface area contributed by atoms with Crippen molar-refractivity contribution in [3.05, 3.63) is 41.2 Å². The van der Waals surface area contributed by atoms with Gasteiger partial charge in [0.15, 0.2) is 5.82 Å². The molecule has 1 amide bonds. The zero-order chi connectivity index (χ0) is 17.7. The fraction of sp³-hybridized carbons (Fsp3) is 0.312. The molecule has 0 aliphatic carbocycles. The molecule has 0 aliphatic rings. The Hall–Kier alpha value is -3.21. The predicted molar refractivity (Wildman–Crippen MR) is 90.8 cm³/mol. The first-order valence-corrected chi connectivity index (χ1v) is 7.28. The number of nitriles is 1. The number of nitrogens with zero attached hydrogens (tertiary/aromatic N) is 6. The van der Waals surface area contributed by atoms with E-state index in [-0.39, 0.29) is 12.5 Å². The standard InChI is InChI=1S/C16H19N7O/c1-22(2)15-19-13(20-16(21-15)23(3)4)10-18-14(24)12-7-5-6-11(8-12)9-17/h5-8H,10H2,1-4H3,(H,18,24). The predicted octanol–water partition coefficient (Wildman–Crippen LogP) is 0.805. The van der Waals surface area contributed by atoms with Gasteiger partial charge in [-0.15, -0.1) is 0 Å². The van der Waals surface area contributed by atoms with Crippen molar-refractivity contribution in [2.24, 2.45) is 0 Å². The van der Waals surface area contributed by atoms with E-state index in [2.05, 4.69) is 20.3 Å². The summed E-state index contributed by atoms with van der Waals surface area (Å²) in [6, 6.07) is 8.53. The molecule has 1 aromatic heterocycles. The van der Waals surface area contributed by atoms with Crippen LogP contribution in [0.2, 0.25) is 0 Å². The number of carbonyl (C=O) groups is 1. The summed E-state index contributed by atoms with van der Waals surface area (Å²) in [6.07, 6.45) is 0. The third-order valence-corrected chi connectivity index (χ3v) is 3.12. The SMILES string of the molecule is CN(C)c1nc(CNC(=O)c2cccc(C#N)c2)nc(N(C)C)n1. The normalized spacial score (nSPS) is 9.96. The zero-order valence-corrected chi connectivity index (χ0v) is 14.1. The Kier molecular flexibility index (Phi) is 5.27. The lowest BCUT2D eigenvalue weighted by molar-refractivity contribution is 0.0950. The summed E-state index contributed by atoms with van der Waals surface area (Å²) in [5.74, 6) is 1.21. The Bertz CT molecular complexity index is 754. The zero-order valence-electron chi connectivity index (χ0n) is 14.1. The van der Waals surface area contributed by atoms with Gasteiger partial charge in [-0.2, -0.15) is 20.2 Å². The second-order valence-electron chi connectivity index (χ2n) is 5.52. The molecule has 0 aliphatic heterocycles. The summed E-state index contributed by atoms with van der Waals surface area (Å²) in [6.45, 7) is 0.166. The summed E-state index contributed by atoms with van der Waals surface area (Å²) in [4.78, 5) is 28.7. The Morgan fingerprint density at radius 3 is 2.29 bits per heavy atom. The molecule has 1 heterocycles. The third-order valence-electron chi connectivity index (χ3n) is 3.12. The summed E-state index contributed by atoms with van der Waals surface area (Å²) < 4.78 is 0. The lowest BCUT2D eigenvalue weighted by Gasteiger charge is -2.16. The Morgan fingerprint density at radius 2 is 1.75 bits per heavy atom. The van der Waals surface area contributed by atoms with E-state index in [0.29, 0.717) is 28.8 Å². The minimum atomic E-state index is -0.287. The highest BCUT2D eigenvalue weighted by molar-refractivity contribution is 5.94. The molecule has 124 valence electrons. The smallest absolute Gasteiger partial charge is 0.251 e. The fourth-order valence-electron chi connectivity index (χ4n) is 1.87. The van der Waals surface area contributed by atoms with Gasteiger partial charge >= 0.3 is 0 Å². The van der Waals surface area contributed by atoms with Crippen LogP contribution in [0.1, 0.15) is 21.7 Å². The number of aromatic nitrogens is 3. The largest absolute Gasteiger partial charge is 0.347 e. The molecule has 2 aromatic rings. The first kappa shape index (κ1) is 17.1. The van der Waals surface area contributed by atoms with E-state index < -0.39 is 0 Å². The van der Waals surface area contributed by atoms with Crippen LogP contribution in [0, 0.1) is 11.3 Å². The molecule has 1 N–H and O–H groups in total. The van der Waals surface area contributed by atoms with E-state index in [0.717, 1.165) is 0 Å². The lowest BCUT2D eigenvalue weighted by Crippen LogP contribution is -2.26. The van der Waals surface area contributed by atoms with Crippen molar-refractivity contribution in [2.45, 2.75) is 6.54 Å². The number of anilines is 2. The highest BCUT2D eigenvalue weighted by Gasteiger charge is 2.12. The molecule has 0 saturated carbocycles. The Morgan fingerprint density at radius 1 is 1.12 bits per heavy atom. The number of amides is 1. The van der Waals surface area contributed by atoms with E-state index >= 15 is 0 Å². The van der Waals surface area contributed by atoms with Crippen LogP contribution >= 0.6 is 0 Å². The van der Waals surface area contributed by atoms with Gasteiger partial charge in [-0.3, -0.25) is 4.79 Å². The van der Waals surface area contributed by atoms with Crippen LogP contribution in [0.3, 0.4) is 0 Å². The number of rotatable bonds is 5. The second-order valence-corrected chi connectivity index (χ2v) is 5.52. The molecule has 0 spiro atoms. The third kappa shape index (κ3) is 4.16. The van der Waals surface area contributed by atoms with E-state index in [1.165, 1.54) is 0 Å². The second kappa shape index (κ2) is 7.37. The Balaban J connectivity index is 2.16. The summed E-state index contributed by atoms with van der Waals surface area (Å²) in [5, 5.41) is 11.7. The molecule has 0 saturated heterocycles. The monoisotopic (exact) mass is 325 g/mol. The van der Waals surface area contributed by atoms with Crippen LogP contribution in [0.25, 0.3) is 0 Å². The van der Waals surface area contributed by atoms with Gasteiger partial charge in [0, 0.05) is 33.8 Å². The van der Waals surface area contributed by atoms with E-state index in [1.807, 2.05) is 34.3 Å². The van der Waals surface area contributed by atoms with E-state index in [1.54, 1.807) is 34.1 Å². The quantitative estimate of drug-likeness (QED) is 0.868. The molecule has 0 fully saturated rings. The van der Waals surface area contributed by atoms with Gasteiger partial charge in [0.05, 0.1) is 18.2 Å². The van der Waals surface area contributed by atoms with Crippen LogP contribution in [0.4, 0.5) is 11.9 Å². The number of benzene rings is 1. The maximum Gasteiger partial charge on any atom is 0.251 e. The molecule has 0 atom stereocenters. The summed E-state index contributed by atoms with van der Waals surface area (Å²) in [7, 11) is 7.35. The maximum atomic E-state index is 12.2. The van der Waals surface area contributed by atoms with Crippen molar-refractivity contribution in [3.63, 3.8) is 0 Å². The van der Waals surface area contributed by atoms with Crippen molar-refractivity contribution < 1.29 is 4.79 Å². The minimum absolute atomic E-state index is 0.166. The van der Waals surface area contributed by atoms with Crippen molar-refractivity contribution in [1.82, 2.24) is 20.3 Å². The van der Waals surface area contributed by atoms with Gasteiger partial charge in [0.1, 0.15) is 0 Å². The Labute approximate surface area is 140 Å². The molecule has 24 heavy (non-hydrogen) atoms. The first-order chi connectivity index (χ1) is 11.4. The van der Waals surface area contributed by atoms with Gasteiger partial charge < -0.3 is 15.1 Å². The molecule has 1 aromatic carbocycles. The molecule has 8 heteroatoms. The number of nitrogens with one attached hydrogen (secondary N) is 1. The topological polar surface area (TPSA) is 98.0 Å². The van der Waals surface area contributed by atoms with Gasteiger partial charge in [-0.25, -0.2) is 0 Å². The van der Waals surface area contributed by atoms with E-state index in [9.17, 15) is 4.79 Å². The lowest BCUT2D eigenvalue weighted by atomic mass is 10.1. The van der Waals surface area contributed by atoms with Crippen LogP contribution < -0.4 is 15.1 Å². The summed E-state index contributed by atoms with van der Waals surface area (Å²) in [5.41, 5.74) is 0.858. The molecular weight excluding hydrogens is 306 g/mol. The molecule has 0 radical (unpaired) electrons. The molecule has 2 rings (SSSR count). The van der Waals surface area contributed by atoms with Gasteiger partial charge in [-0.1, -0.05) is 6.07 Å². The van der Waals surface area contributed by atoms with Crippen LogP contribution in [0.15, 0.2) is 24.3 Å². The number of hydrogen-bond donors (Lipinski definition) is 1. The molecule has 0 unspecified atom stereocenters. The van der Waals surface area contributed by atoms with E-state index in [4.69, 9.17) is 5.26 Å². The number of hydrogen-bond acceptors (Lipinski definition) is 7. The van der Waals surface area contributed by atoms with Gasteiger partial charge in [-0.05, 0) is 18.2 Å². The van der Waals surface area contributed by atoms with Gasteiger partial charge in [0.2, 0.25) is 11.9 Å². The van der Waals surface area contributed by atoms with Crippen molar-refractivity contribution in [2.75, 3.05) is 38.0 Å². The summed E-state index contributed by atoms with van der Waals surface area (Å²) >= 11 is 0. The molecule has 0 bridgehead atoms. The maximum absolute atomic E-state index is 12.2. The van der Waals surface area contributed by atoms with Crippen LogP contribution in [-0.4, -0.2) is 49.0 Å². The number of carbonyl (C=O) groups excluding carboxylic acids is 1. The highest BCUT2D eigenvalue weighted by atomic mass is 16.1. The van der Waals surface area contributed by atoms with Crippen molar-refractivity contribution in [3.8, 4) is 6.07 Å².